The number of hydrogen-bond acceptors (Lipinski definition) is 2. The fourth-order valence-corrected chi connectivity index (χ4v) is 0.989. The molecule has 1 aromatic rings. The average molecular weight is 158 g/mol. The summed E-state index contributed by atoms with van der Waals surface area (Å²) < 4.78 is 2.22. The third kappa shape index (κ3) is 1.21. The molecule has 1 aromatic heterocycles. The fourth-order valence-electron chi connectivity index (χ4n) is 0.733. The Labute approximate surface area is 64.6 Å². The molecule has 3 nitrogen and oxygen atoms in total. The molecule has 10 heavy (non-hydrogen) atoms. The number of aromatic nitrogens is 2. The first-order valence-corrected chi connectivity index (χ1v) is 3.57. The largest absolute Gasteiger partial charge is 0.412 e. The Hall–Kier alpha value is -0.770. The summed E-state index contributed by atoms with van der Waals surface area (Å²) in [5, 5.41) is 0. The molecule has 0 aromatic carbocycles. The van der Waals surface area contributed by atoms with Crippen molar-refractivity contribution in [2.75, 3.05) is 6.61 Å². The van der Waals surface area contributed by atoms with Crippen LogP contribution in [0.4, 0.5) is 0 Å². The topological polar surface area (TPSA) is 29.9 Å². The fraction of sp³-hybridized carbons (Fsp3) is 0.500. The molecule has 1 N–H and O–H groups in total. The zero-order valence-corrected chi connectivity index (χ0v) is 6.86. The summed E-state index contributed by atoms with van der Waals surface area (Å²) in [6.07, 6.45) is 1.82. The molecule has 0 atom stereocenters. The van der Waals surface area contributed by atoms with Gasteiger partial charge in [0.1, 0.15) is 6.61 Å². The number of H-pyrrole nitrogens is 1. The third-order valence-electron chi connectivity index (χ3n) is 1.17. The van der Waals surface area contributed by atoms with Gasteiger partial charge in [-0.1, -0.05) is 0 Å². The predicted octanol–water partition coefficient (Wildman–Crippen LogP) is 1.30. The van der Waals surface area contributed by atoms with E-state index in [1.807, 2.05) is 20.0 Å². The van der Waals surface area contributed by atoms with E-state index in [1.165, 1.54) is 0 Å². The zero-order valence-electron chi connectivity index (χ0n) is 6.05. The summed E-state index contributed by atoms with van der Waals surface area (Å²) in [4.78, 5) is 8.06. The van der Waals surface area contributed by atoms with E-state index in [9.17, 15) is 0 Å². The van der Waals surface area contributed by atoms with Gasteiger partial charge in [0.2, 0.25) is 4.77 Å². The number of aryl methyl sites for hydroxylation is 1. The summed E-state index contributed by atoms with van der Waals surface area (Å²) in [5.74, 6) is 0. The molecule has 0 saturated carbocycles. The van der Waals surface area contributed by atoms with Gasteiger partial charge in [0, 0.05) is 6.20 Å². The van der Waals surface area contributed by atoms with Crippen LogP contribution < -0.4 is 4.84 Å². The van der Waals surface area contributed by atoms with Gasteiger partial charge >= 0.3 is 0 Å². The van der Waals surface area contributed by atoms with Crippen molar-refractivity contribution in [1.29, 1.82) is 0 Å². The van der Waals surface area contributed by atoms with E-state index >= 15 is 0 Å². The Morgan fingerprint density at radius 3 is 2.90 bits per heavy atom. The van der Waals surface area contributed by atoms with Gasteiger partial charge in [-0.25, -0.2) is 0 Å². The van der Waals surface area contributed by atoms with Crippen molar-refractivity contribution in [2.45, 2.75) is 13.8 Å². The van der Waals surface area contributed by atoms with Crippen LogP contribution in [0.2, 0.25) is 0 Å². The third-order valence-corrected chi connectivity index (χ3v) is 1.45. The summed E-state index contributed by atoms with van der Waals surface area (Å²) in [5.41, 5.74) is 0.992. The Kier molecular flexibility index (Phi) is 2.11. The lowest BCUT2D eigenvalue weighted by Gasteiger charge is -2.03. The monoisotopic (exact) mass is 158 g/mol. The van der Waals surface area contributed by atoms with Crippen molar-refractivity contribution in [3.8, 4) is 0 Å². The lowest BCUT2D eigenvalue weighted by atomic mass is 10.6. The average Bonchev–Trinajstić information content (AvgIpc) is 2.20. The van der Waals surface area contributed by atoms with Crippen molar-refractivity contribution in [1.82, 2.24) is 9.71 Å². The minimum Gasteiger partial charge on any atom is -0.412 e. The first-order chi connectivity index (χ1) is 4.75. The molecule has 1 rings (SSSR count). The van der Waals surface area contributed by atoms with Crippen LogP contribution in [0.5, 0.6) is 0 Å². The van der Waals surface area contributed by atoms with Gasteiger partial charge in [-0.05, 0) is 26.1 Å². The first-order valence-electron chi connectivity index (χ1n) is 3.16. The Balaban J connectivity index is 2.99. The molecule has 0 spiro atoms. The highest BCUT2D eigenvalue weighted by Crippen LogP contribution is 1.95. The summed E-state index contributed by atoms with van der Waals surface area (Å²) in [6.45, 7) is 4.49. The number of nitrogens with one attached hydrogen (secondary N) is 1. The number of imidazole rings is 1. The normalized spacial score (nSPS) is 9.80. The van der Waals surface area contributed by atoms with Crippen LogP contribution in [0.25, 0.3) is 0 Å². The Bertz CT molecular complexity index is 263. The molecule has 0 amide bonds. The van der Waals surface area contributed by atoms with E-state index in [-0.39, 0.29) is 0 Å². The lowest BCUT2D eigenvalue weighted by molar-refractivity contribution is 0.114. The van der Waals surface area contributed by atoms with Gasteiger partial charge < -0.3 is 9.82 Å². The van der Waals surface area contributed by atoms with Crippen molar-refractivity contribution >= 4 is 12.2 Å². The van der Waals surface area contributed by atoms with Crippen LogP contribution in [-0.4, -0.2) is 16.3 Å². The minimum atomic E-state index is 0.611. The van der Waals surface area contributed by atoms with Crippen LogP contribution in [0.15, 0.2) is 6.20 Å². The van der Waals surface area contributed by atoms with Gasteiger partial charge in [-0.3, -0.25) is 0 Å². The maximum atomic E-state index is 5.19. The van der Waals surface area contributed by atoms with E-state index in [2.05, 4.69) is 4.98 Å². The van der Waals surface area contributed by atoms with Crippen molar-refractivity contribution in [2.24, 2.45) is 0 Å². The van der Waals surface area contributed by atoms with Crippen molar-refractivity contribution in [3.63, 3.8) is 0 Å². The van der Waals surface area contributed by atoms with Gasteiger partial charge in [0.05, 0.1) is 5.69 Å². The van der Waals surface area contributed by atoms with E-state index in [0.717, 1.165) is 5.69 Å². The second-order valence-corrected chi connectivity index (χ2v) is 2.33. The van der Waals surface area contributed by atoms with Crippen LogP contribution in [0, 0.1) is 11.7 Å². The molecule has 0 saturated heterocycles. The van der Waals surface area contributed by atoms with E-state index in [1.54, 1.807) is 4.73 Å². The maximum absolute atomic E-state index is 5.19. The SMILES string of the molecule is CCOn1c(C)c[nH]c1=S. The molecule has 0 aliphatic heterocycles. The van der Waals surface area contributed by atoms with Crippen LogP contribution in [-0.2, 0) is 0 Å². The molecular weight excluding hydrogens is 148 g/mol. The molecule has 0 fully saturated rings. The molecule has 0 unspecified atom stereocenters. The smallest absolute Gasteiger partial charge is 0.211 e. The standard InChI is InChI=1S/C6H10N2OS/c1-3-9-8-5(2)4-7-6(8)10/h4H,3H2,1-2H3,(H,7,10). The van der Waals surface area contributed by atoms with Gasteiger partial charge in [-0.2, -0.15) is 4.73 Å². The molecule has 4 heteroatoms. The summed E-state index contributed by atoms with van der Waals surface area (Å²) in [6, 6.07) is 0. The quantitative estimate of drug-likeness (QED) is 0.657. The number of rotatable bonds is 2. The molecule has 0 bridgehead atoms. The summed E-state index contributed by atoms with van der Waals surface area (Å²) in [7, 11) is 0. The lowest BCUT2D eigenvalue weighted by Crippen LogP contribution is -2.11. The van der Waals surface area contributed by atoms with Crippen molar-refractivity contribution < 1.29 is 4.84 Å². The highest BCUT2D eigenvalue weighted by molar-refractivity contribution is 7.71. The second-order valence-electron chi connectivity index (χ2n) is 1.95. The molecule has 1 heterocycles. The van der Waals surface area contributed by atoms with Crippen LogP contribution in [0.3, 0.4) is 0 Å². The van der Waals surface area contributed by atoms with Crippen molar-refractivity contribution in [3.05, 3.63) is 16.7 Å². The number of nitrogens with zero attached hydrogens (tertiary/aromatic N) is 1. The molecule has 0 aliphatic rings. The summed E-state index contributed by atoms with van der Waals surface area (Å²) >= 11 is 4.92. The number of hydrogen-bond donors (Lipinski definition) is 1. The molecule has 0 radical (unpaired) electrons. The number of aromatic amines is 1. The highest BCUT2D eigenvalue weighted by atomic mass is 32.1. The zero-order chi connectivity index (χ0) is 7.56. The van der Waals surface area contributed by atoms with E-state index in [4.69, 9.17) is 17.1 Å². The van der Waals surface area contributed by atoms with E-state index < -0.39 is 0 Å². The molecule has 56 valence electrons. The van der Waals surface area contributed by atoms with Gasteiger partial charge in [-0.15, -0.1) is 0 Å². The predicted molar refractivity (Wildman–Crippen MR) is 41.5 cm³/mol. The minimum absolute atomic E-state index is 0.611. The molecular formula is C6H10N2OS. The van der Waals surface area contributed by atoms with E-state index in [0.29, 0.717) is 11.4 Å². The first kappa shape index (κ1) is 7.34. The van der Waals surface area contributed by atoms with Gasteiger partial charge in [0.25, 0.3) is 0 Å². The Morgan fingerprint density at radius 2 is 2.50 bits per heavy atom. The second kappa shape index (κ2) is 2.88. The highest BCUT2D eigenvalue weighted by Gasteiger charge is 1.95. The van der Waals surface area contributed by atoms with Crippen LogP contribution >= 0.6 is 12.2 Å². The molecule has 0 aliphatic carbocycles. The van der Waals surface area contributed by atoms with Gasteiger partial charge in [0.15, 0.2) is 0 Å². The maximum Gasteiger partial charge on any atom is 0.211 e. The van der Waals surface area contributed by atoms with Crippen LogP contribution in [0.1, 0.15) is 12.6 Å². The Morgan fingerprint density at radius 1 is 1.80 bits per heavy atom.